The van der Waals surface area contributed by atoms with Crippen molar-refractivity contribution in [1.29, 1.82) is 0 Å². The maximum Gasteiger partial charge on any atom is 0.192 e. The minimum atomic E-state index is -1.31. The molecular weight excluding hydrogens is 274 g/mol. The minimum Gasteiger partial charge on any atom is -0.394 e. The van der Waals surface area contributed by atoms with E-state index in [0.717, 1.165) is 5.56 Å². The summed E-state index contributed by atoms with van der Waals surface area (Å²) in [6.07, 6.45) is -3.74. The third kappa shape index (κ3) is 3.51. The molecule has 0 radical (unpaired) electrons. The van der Waals surface area contributed by atoms with Gasteiger partial charge in [0.15, 0.2) is 5.96 Å². The van der Waals surface area contributed by atoms with E-state index in [-0.39, 0.29) is 12.5 Å². The van der Waals surface area contributed by atoms with E-state index < -0.39 is 31.0 Å². The fourth-order valence-electron chi connectivity index (χ4n) is 2.40. The van der Waals surface area contributed by atoms with Gasteiger partial charge in [0.1, 0.15) is 18.3 Å². The van der Waals surface area contributed by atoms with Crippen molar-refractivity contribution >= 4 is 5.96 Å². The third-order valence-electron chi connectivity index (χ3n) is 3.67. The van der Waals surface area contributed by atoms with E-state index in [4.69, 9.17) is 5.73 Å². The number of aliphatic hydroxyl groups is 4. The van der Waals surface area contributed by atoms with Gasteiger partial charge in [-0.15, -0.1) is 0 Å². The minimum absolute atomic E-state index is 0.00752. The molecule has 0 unspecified atom stereocenters. The number of aliphatic hydroxyl groups excluding tert-OH is 4. The highest BCUT2D eigenvalue weighted by molar-refractivity contribution is 5.78. The van der Waals surface area contributed by atoms with Crippen LogP contribution in [0.25, 0.3) is 0 Å². The molecule has 0 bridgehead atoms. The Morgan fingerprint density at radius 2 is 1.86 bits per heavy atom. The number of β-amino-alcohol motifs (C(OH)–C–C–N with tert-alkyl or cyclic N) is 1. The molecule has 21 heavy (non-hydrogen) atoms. The van der Waals surface area contributed by atoms with Crippen LogP contribution in [0.4, 0.5) is 0 Å². The Kier molecular flexibility index (Phi) is 5.13. The zero-order valence-electron chi connectivity index (χ0n) is 11.6. The van der Waals surface area contributed by atoms with Crippen LogP contribution in [0.5, 0.6) is 0 Å². The van der Waals surface area contributed by atoms with Gasteiger partial charge in [-0.1, -0.05) is 30.3 Å². The molecule has 1 aliphatic rings. The average molecular weight is 295 g/mol. The fourth-order valence-corrected chi connectivity index (χ4v) is 2.40. The first-order valence-electron chi connectivity index (χ1n) is 6.80. The van der Waals surface area contributed by atoms with Gasteiger partial charge in [0.25, 0.3) is 0 Å². The summed E-state index contributed by atoms with van der Waals surface area (Å²) in [4.78, 5) is 5.64. The van der Waals surface area contributed by atoms with Crippen molar-refractivity contribution in [3.05, 3.63) is 35.9 Å². The molecule has 1 saturated heterocycles. The predicted octanol–water partition coefficient (Wildman–Crippen LogP) is -1.74. The Morgan fingerprint density at radius 3 is 2.48 bits per heavy atom. The molecule has 1 aliphatic heterocycles. The van der Waals surface area contributed by atoms with Crippen molar-refractivity contribution in [3.8, 4) is 0 Å². The van der Waals surface area contributed by atoms with E-state index in [2.05, 4.69) is 4.99 Å². The lowest BCUT2D eigenvalue weighted by atomic mass is 9.94. The Hall–Kier alpha value is -1.67. The third-order valence-corrected chi connectivity index (χ3v) is 3.67. The van der Waals surface area contributed by atoms with Gasteiger partial charge in [-0.25, -0.2) is 4.99 Å². The van der Waals surface area contributed by atoms with Gasteiger partial charge in [-0.2, -0.15) is 0 Å². The highest BCUT2D eigenvalue weighted by Crippen LogP contribution is 2.18. The number of guanidine groups is 1. The van der Waals surface area contributed by atoms with Crippen LogP contribution in [-0.2, 0) is 6.54 Å². The molecule has 116 valence electrons. The van der Waals surface area contributed by atoms with E-state index in [1.54, 1.807) is 0 Å². The maximum absolute atomic E-state index is 9.89. The first-order chi connectivity index (χ1) is 10.0. The standard InChI is InChI=1S/C14H21N3O4/c15-14(16-6-9-4-2-1-3-5-9)17-7-11(19)13(21)12(20)10(17)8-18/h1-5,10-13,18-21H,6-8H2,(H2,15,16)/t10-,11+,12-,13-/m1/s1. The van der Waals surface area contributed by atoms with E-state index >= 15 is 0 Å². The molecule has 4 atom stereocenters. The Balaban J connectivity index is 2.10. The quantitative estimate of drug-likeness (QED) is 0.333. The topological polar surface area (TPSA) is 123 Å². The number of hydrogen-bond donors (Lipinski definition) is 5. The number of nitrogens with two attached hydrogens (primary N) is 1. The molecule has 0 aliphatic carbocycles. The first kappa shape index (κ1) is 15.7. The van der Waals surface area contributed by atoms with E-state index in [0.29, 0.717) is 6.54 Å². The number of aliphatic imine (C=N–C) groups is 1. The number of benzene rings is 1. The number of nitrogens with zero attached hydrogens (tertiary/aromatic N) is 2. The molecule has 0 spiro atoms. The largest absolute Gasteiger partial charge is 0.394 e. The zero-order chi connectivity index (χ0) is 15.4. The molecule has 1 aromatic rings. The molecule has 7 nitrogen and oxygen atoms in total. The fraction of sp³-hybridized carbons (Fsp3) is 0.500. The van der Waals surface area contributed by atoms with Crippen LogP contribution >= 0.6 is 0 Å². The lowest BCUT2D eigenvalue weighted by Crippen LogP contribution is -2.65. The van der Waals surface area contributed by atoms with Crippen LogP contribution in [0.15, 0.2) is 35.3 Å². The molecule has 1 aromatic carbocycles. The van der Waals surface area contributed by atoms with Crippen molar-refractivity contribution in [2.45, 2.75) is 30.9 Å². The molecule has 0 aromatic heterocycles. The Morgan fingerprint density at radius 1 is 1.19 bits per heavy atom. The molecule has 2 rings (SSSR count). The summed E-state index contributed by atoms with van der Waals surface area (Å²) in [6, 6.07) is 8.71. The van der Waals surface area contributed by atoms with Gasteiger partial charge >= 0.3 is 0 Å². The molecule has 7 heteroatoms. The molecule has 1 heterocycles. The van der Waals surface area contributed by atoms with Crippen molar-refractivity contribution in [2.24, 2.45) is 10.7 Å². The predicted molar refractivity (Wildman–Crippen MR) is 77.4 cm³/mol. The lowest BCUT2D eigenvalue weighted by molar-refractivity contribution is -0.128. The monoisotopic (exact) mass is 295 g/mol. The number of hydrogen-bond acceptors (Lipinski definition) is 5. The molecule has 6 N–H and O–H groups in total. The van der Waals surface area contributed by atoms with E-state index in [1.807, 2.05) is 30.3 Å². The van der Waals surface area contributed by atoms with Crippen LogP contribution in [0, 0.1) is 0 Å². The number of rotatable bonds is 3. The van der Waals surface area contributed by atoms with E-state index in [9.17, 15) is 20.4 Å². The molecule has 1 fully saturated rings. The maximum atomic E-state index is 9.89. The zero-order valence-corrected chi connectivity index (χ0v) is 11.6. The average Bonchev–Trinajstić information content (AvgIpc) is 2.51. The summed E-state index contributed by atoms with van der Waals surface area (Å²) < 4.78 is 0. The summed E-state index contributed by atoms with van der Waals surface area (Å²) in [6.45, 7) is -0.0316. The highest BCUT2D eigenvalue weighted by atomic mass is 16.4. The van der Waals surface area contributed by atoms with Gasteiger partial charge in [-0.3, -0.25) is 0 Å². The molecule has 0 saturated carbocycles. The van der Waals surface area contributed by atoms with Gasteiger partial charge < -0.3 is 31.1 Å². The van der Waals surface area contributed by atoms with Crippen molar-refractivity contribution in [1.82, 2.24) is 4.90 Å². The molecular formula is C14H21N3O4. The summed E-state index contributed by atoms with van der Waals surface area (Å²) in [5, 5.41) is 38.6. The lowest BCUT2D eigenvalue weighted by Gasteiger charge is -2.43. The van der Waals surface area contributed by atoms with Crippen molar-refractivity contribution < 1.29 is 20.4 Å². The number of likely N-dealkylation sites (tertiary alicyclic amines) is 1. The van der Waals surface area contributed by atoms with Gasteiger partial charge in [0, 0.05) is 6.54 Å². The second-order valence-corrected chi connectivity index (χ2v) is 5.11. The van der Waals surface area contributed by atoms with Crippen LogP contribution < -0.4 is 5.73 Å². The normalized spacial score (nSPS) is 30.5. The van der Waals surface area contributed by atoms with Crippen LogP contribution in [-0.4, -0.2) is 68.8 Å². The van der Waals surface area contributed by atoms with Crippen molar-refractivity contribution in [2.75, 3.05) is 13.2 Å². The Labute approximate surface area is 123 Å². The van der Waals surface area contributed by atoms with Crippen LogP contribution in [0.1, 0.15) is 5.56 Å². The Bertz CT molecular complexity index is 482. The second-order valence-electron chi connectivity index (χ2n) is 5.11. The van der Waals surface area contributed by atoms with E-state index in [1.165, 1.54) is 4.90 Å². The summed E-state index contributed by atoms with van der Waals surface area (Å²) in [5.74, 6) is 0.114. The van der Waals surface area contributed by atoms with Gasteiger partial charge in [-0.05, 0) is 5.56 Å². The van der Waals surface area contributed by atoms with Gasteiger partial charge in [0.05, 0.1) is 19.2 Å². The second kappa shape index (κ2) is 6.86. The summed E-state index contributed by atoms with van der Waals surface area (Å²) >= 11 is 0. The van der Waals surface area contributed by atoms with Crippen LogP contribution in [0.2, 0.25) is 0 Å². The summed E-state index contributed by atoms with van der Waals surface area (Å²) in [5.41, 5.74) is 6.86. The van der Waals surface area contributed by atoms with Gasteiger partial charge in [0.2, 0.25) is 0 Å². The number of piperidine rings is 1. The smallest absolute Gasteiger partial charge is 0.192 e. The SMILES string of the molecule is NC(=NCc1ccccc1)N1C[C@H](O)[C@@H](O)[C@H](O)[C@H]1CO. The first-order valence-corrected chi connectivity index (χ1v) is 6.80. The van der Waals surface area contributed by atoms with Crippen molar-refractivity contribution in [3.63, 3.8) is 0 Å². The van der Waals surface area contributed by atoms with Crippen LogP contribution in [0.3, 0.4) is 0 Å². The molecule has 0 amide bonds. The summed E-state index contributed by atoms with van der Waals surface area (Å²) in [7, 11) is 0. The highest BCUT2D eigenvalue weighted by Gasteiger charge is 2.41.